The lowest BCUT2D eigenvalue weighted by Crippen LogP contribution is -2.12. The lowest BCUT2D eigenvalue weighted by atomic mass is 10.1. The van der Waals surface area contributed by atoms with E-state index in [9.17, 15) is 13.2 Å². The van der Waals surface area contributed by atoms with E-state index in [0.717, 1.165) is 12.1 Å². The third kappa shape index (κ3) is 3.01. The topological polar surface area (TPSA) is 51.0 Å². The summed E-state index contributed by atoms with van der Waals surface area (Å²) in [5.74, 6) is 0.354. The zero-order valence-electron chi connectivity index (χ0n) is 10.6. The SMILES string of the molecule is CNC(C)c1nnc(-c2cc(C(F)(F)F)ccc2Br)o1. The van der Waals surface area contributed by atoms with Crippen molar-refractivity contribution in [2.24, 2.45) is 0 Å². The number of benzene rings is 1. The molecule has 4 nitrogen and oxygen atoms in total. The first-order chi connectivity index (χ1) is 9.32. The van der Waals surface area contributed by atoms with E-state index in [1.165, 1.54) is 6.07 Å². The minimum absolute atomic E-state index is 0.0417. The second kappa shape index (κ2) is 5.53. The standard InChI is InChI=1S/C12H11BrF3N3O/c1-6(17-2)10-18-19-11(20-10)8-5-7(12(14,15)16)3-4-9(8)13/h3-6,17H,1-2H3. The van der Waals surface area contributed by atoms with E-state index < -0.39 is 11.7 Å². The molecule has 1 atom stereocenters. The highest BCUT2D eigenvalue weighted by molar-refractivity contribution is 9.10. The minimum atomic E-state index is -4.42. The molecule has 108 valence electrons. The Labute approximate surface area is 121 Å². The molecule has 1 N–H and O–H groups in total. The molecule has 0 saturated carbocycles. The summed E-state index contributed by atoms with van der Waals surface area (Å²) in [5.41, 5.74) is -0.556. The summed E-state index contributed by atoms with van der Waals surface area (Å²) >= 11 is 3.19. The van der Waals surface area contributed by atoms with Gasteiger partial charge < -0.3 is 9.73 Å². The molecular formula is C12H11BrF3N3O. The van der Waals surface area contributed by atoms with Gasteiger partial charge in [-0.05, 0) is 48.1 Å². The van der Waals surface area contributed by atoms with Gasteiger partial charge in [-0.15, -0.1) is 10.2 Å². The van der Waals surface area contributed by atoms with Gasteiger partial charge in [-0.2, -0.15) is 13.2 Å². The van der Waals surface area contributed by atoms with Crippen LogP contribution >= 0.6 is 15.9 Å². The maximum atomic E-state index is 12.7. The molecule has 0 aliphatic carbocycles. The highest BCUT2D eigenvalue weighted by Gasteiger charge is 2.31. The highest BCUT2D eigenvalue weighted by Crippen LogP contribution is 2.35. The molecule has 1 aromatic heterocycles. The molecule has 2 rings (SSSR count). The Balaban J connectivity index is 2.44. The van der Waals surface area contributed by atoms with Gasteiger partial charge in [0, 0.05) is 4.47 Å². The Kier molecular flexibility index (Phi) is 4.14. The van der Waals surface area contributed by atoms with Crippen LogP contribution in [-0.4, -0.2) is 17.2 Å². The second-order valence-electron chi connectivity index (χ2n) is 4.15. The molecule has 0 aliphatic heterocycles. The molecule has 0 radical (unpaired) electrons. The van der Waals surface area contributed by atoms with E-state index in [4.69, 9.17) is 4.42 Å². The van der Waals surface area contributed by atoms with Crippen molar-refractivity contribution in [1.29, 1.82) is 0 Å². The molecule has 20 heavy (non-hydrogen) atoms. The average Bonchev–Trinajstić information content (AvgIpc) is 2.86. The maximum absolute atomic E-state index is 12.7. The first kappa shape index (κ1) is 15.0. The van der Waals surface area contributed by atoms with Crippen LogP contribution < -0.4 is 5.32 Å². The van der Waals surface area contributed by atoms with Crippen molar-refractivity contribution in [1.82, 2.24) is 15.5 Å². The van der Waals surface area contributed by atoms with Gasteiger partial charge in [-0.1, -0.05) is 0 Å². The van der Waals surface area contributed by atoms with Crippen molar-refractivity contribution in [2.45, 2.75) is 19.1 Å². The molecule has 1 unspecified atom stereocenters. The average molecular weight is 350 g/mol. The number of alkyl halides is 3. The summed E-state index contributed by atoms with van der Waals surface area (Å²) in [6.45, 7) is 1.80. The van der Waals surface area contributed by atoms with Crippen molar-refractivity contribution >= 4 is 15.9 Å². The molecule has 2 aromatic rings. The van der Waals surface area contributed by atoms with Crippen LogP contribution in [0.4, 0.5) is 13.2 Å². The summed E-state index contributed by atoms with van der Waals surface area (Å²) in [6, 6.07) is 3.09. The van der Waals surface area contributed by atoms with E-state index in [0.29, 0.717) is 10.4 Å². The summed E-state index contributed by atoms with van der Waals surface area (Å²) in [5, 5.41) is 10.5. The van der Waals surface area contributed by atoms with Crippen LogP contribution in [-0.2, 0) is 6.18 Å². The van der Waals surface area contributed by atoms with Crippen molar-refractivity contribution < 1.29 is 17.6 Å². The van der Waals surface area contributed by atoms with Gasteiger partial charge in [0.1, 0.15) is 0 Å². The summed E-state index contributed by atoms with van der Waals surface area (Å²) < 4.78 is 44.0. The van der Waals surface area contributed by atoms with E-state index in [-0.39, 0.29) is 17.5 Å². The van der Waals surface area contributed by atoms with Crippen LogP contribution in [0.25, 0.3) is 11.5 Å². The quantitative estimate of drug-likeness (QED) is 0.915. The second-order valence-corrected chi connectivity index (χ2v) is 5.00. The third-order valence-electron chi connectivity index (χ3n) is 2.77. The summed E-state index contributed by atoms with van der Waals surface area (Å²) in [6.07, 6.45) is -4.42. The zero-order valence-corrected chi connectivity index (χ0v) is 12.2. The van der Waals surface area contributed by atoms with E-state index in [1.807, 2.05) is 0 Å². The Hall–Kier alpha value is -1.41. The normalized spacial score (nSPS) is 13.5. The van der Waals surface area contributed by atoms with Gasteiger partial charge in [0.05, 0.1) is 17.2 Å². The smallest absolute Gasteiger partial charge is 0.416 e. The van der Waals surface area contributed by atoms with Crippen LogP contribution in [0.15, 0.2) is 27.1 Å². The van der Waals surface area contributed by atoms with Gasteiger partial charge in [0.15, 0.2) is 0 Å². The molecule has 0 fully saturated rings. The lowest BCUT2D eigenvalue weighted by Gasteiger charge is -2.08. The lowest BCUT2D eigenvalue weighted by molar-refractivity contribution is -0.137. The maximum Gasteiger partial charge on any atom is 0.416 e. The molecular weight excluding hydrogens is 339 g/mol. The fraction of sp³-hybridized carbons (Fsp3) is 0.333. The molecule has 0 spiro atoms. The molecule has 0 saturated heterocycles. The largest absolute Gasteiger partial charge is 0.419 e. The molecule has 0 aliphatic rings. The fourth-order valence-corrected chi connectivity index (χ4v) is 1.92. The minimum Gasteiger partial charge on any atom is -0.419 e. The van der Waals surface area contributed by atoms with Crippen LogP contribution in [0.2, 0.25) is 0 Å². The number of hydrogen-bond donors (Lipinski definition) is 1. The van der Waals surface area contributed by atoms with Crippen LogP contribution in [0.3, 0.4) is 0 Å². The number of halogens is 4. The zero-order chi connectivity index (χ0) is 14.9. The predicted octanol–water partition coefficient (Wildman–Crippen LogP) is 3.80. The van der Waals surface area contributed by atoms with Crippen LogP contribution in [0.1, 0.15) is 24.4 Å². The predicted molar refractivity (Wildman–Crippen MR) is 69.9 cm³/mol. The van der Waals surface area contributed by atoms with Crippen molar-refractivity contribution in [3.63, 3.8) is 0 Å². The Bertz CT molecular complexity index is 612. The fourth-order valence-electron chi connectivity index (χ4n) is 1.51. The van der Waals surface area contributed by atoms with Gasteiger partial charge in [0.25, 0.3) is 0 Å². The summed E-state index contributed by atoms with van der Waals surface area (Å²) in [7, 11) is 1.72. The van der Waals surface area contributed by atoms with Crippen molar-refractivity contribution in [3.8, 4) is 11.5 Å². The van der Waals surface area contributed by atoms with E-state index in [1.54, 1.807) is 14.0 Å². The number of aromatic nitrogens is 2. The first-order valence-corrected chi connectivity index (χ1v) is 6.50. The molecule has 1 heterocycles. The van der Waals surface area contributed by atoms with Gasteiger partial charge in [-0.25, -0.2) is 0 Å². The number of nitrogens with one attached hydrogen (secondary N) is 1. The molecule has 1 aromatic carbocycles. The van der Waals surface area contributed by atoms with E-state index in [2.05, 4.69) is 31.4 Å². The summed E-state index contributed by atoms with van der Waals surface area (Å²) in [4.78, 5) is 0. The van der Waals surface area contributed by atoms with E-state index >= 15 is 0 Å². The van der Waals surface area contributed by atoms with Gasteiger partial charge >= 0.3 is 6.18 Å². The van der Waals surface area contributed by atoms with Crippen molar-refractivity contribution in [2.75, 3.05) is 7.05 Å². The monoisotopic (exact) mass is 349 g/mol. The highest BCUT2D eigenvalue weighted by atomic mass is 79.9. The Morgan fingerprint density at radius 1 is 1.30 bits per heavy atom. The Morgan fingerprint density at radius 3 is 2.60 bits per heavy atom. The van der Waals surface area contributed by atoms with Crippen LogP contribution in [0.5, 0.6) is 0 Å². The molecule has 8 heteroatoms. The number of rotatable bonds is 3. The molecule has 0 amide bonds. The van der Waals surface area contributed by atoms with Gasteiger partial charge in [0.2, 0.25) is 11.8 Å². The van der Waals surface area contributed by atoms with Crippen LogP contribution in [0, 0.1) is 0 Å². The number of hydrogen-bond acceptors (Lipinski definition) is 4. The third-order valence-corrected chi connectivity index (χ3v) is 3.46. The van der Waals surface area contributed by atoms with Gasteiger partial charge in [-0.3, -0.25) is 0 Å². The van der Waals surface area contributed by atoms with Crippen molar-refractivity contribution in [3.05, 3.63) is 34.1 Å². The molecule has 0 bridgehead atoms. The Morgan fingerprint density at radius 2 is 2.00 bits per heavy atom. The number of nitrogens with zero attached hydrogens (tertiary/aromatic N) is 2. The first-order valence-electron chi connectivity index (χ1n) is 5.70.